The summed E-state index contributed by atoms with van der Waals surface area (Å²) in [5, 5.41) is 79.3. The summed E-state index contributed by atoms with van der Waals surface area (Å²) in [5.41, 5.74) is 0. The quantitative estimate of drug-likeness (QED) is 0.0825. The summed E-state index contributed by atoms with van der Waals surface area (Å²) in [6.45, 7) is 2.93. The van der Waals surface area contributed by atoms with Crippen LogP contribution in [0.4, 0.5) is 0 Å². The van der Waals surface area contributed by atoms with Crippen molar-refractivity contribution in [2.45, 2.75) is 139 Å². The van der Waals surface area contributed by atoms with Crippen LogP contribution in [0.5, 0.6) is 0 Å². The molecule has 10 unspecified atom stereocenters. The molecule has 210 valence electrons. The van der Waals surface area contributed by atoms with E-state index in [0.717, 1.165) is 25.7 Å². The molecule has 10 atom stereocenters. The summed E-state index contributed by atoms with van der Waals surface area (Å²) in [7, 11) is 0. The Labute approximate surface area is 208 Å². The second-order valence-electron chi connectivity index (χ2n) is 9.47. The lowest BCUT2D eigenvalue weighted by molar-refractivity contribution is -0.339. The summed E-state index contributed by atoms with van der Waals surface area (Å²) in [5.74, 6) is 0. The van der Waals surface area contributed by atoms with Gasteiger partial charge in [-0.05, 0) is 19.8 Å². The zero-order chi connectivity index (χ0) is 26.4. The lowest BCUT2D eigenvalue weighted by Crippen LogP contribution is -2.62. The van der Waals surface area contributed by atoms with E-state index in [-0.39, 0.29) is 12.5 Å². The van der Waals surface area contributed by atoms with Crippen molar-refractivity contribution in [1.29, 1.82) is 0 Å². The minimum absolute atomic E-state index is 0.242. The smallest absolute Gasteiger partial charge is 0.186 e. The summed E-state index contributed by atoms with van der Waals surface area (Å²) in [6, 6.07) is 0. The topological polar surface area (TPSA) is 190 Å². The number of unbranched alkanes of at least 4 members (excludes halogenated alkanes) is 7. The molecule has 11 heteroatoms. The molecule has 0 saturated carbocycles. The Bertz CT molecular complexity index is 524. The Kier molecular flexibility index (Phi) is 16.7. The SMILES string of the molecule is CCCCCCCCCCC(C)OC1OC(CO)C(OC(O)C(O)C(O)C(O)CCO)C(O)C1O. The van der Waals surface area contributed by atoms with Crippen molar-refractivity contribution in [2.75, 3.05) is 13.2 Å². The lowest BCUT2D eigenvalue weighted by atomic mass is 9.98. The van der Waals surface area contributed by atoms with Gasteiger partial charge in [0.05, 0.1) is 18.8 Å². The fraction of sp³-hybridized carbons (Fsp3) is 1.00. The normalized spacial score (nSPS) is 29.5. The lowest BCUT2D eigenvalue weighted by Gasteiger charge is -2.43. The summed E-state index contributed by atoms with van der Waals surface area (Å²) in [4.78, 5) is 0. The third-order valence-corrected chi connectivity index (χ3v) is 6.41. The number of ether oxygens (including phenoxy) is 3. The Hall–Kier alpha value is -0.440. The number of hydrogen-bond donors (Lipinski definition) is 8. The molecule has 0 aromatic rings. The van der Waals surface area contributed by atoms with Crippen LogP contribution in [0, 0.1) is 0 Å². The summed E-state index contributed by atoms with van der Waals surface area (Å²) >= 11 is 0. The predicted octanol–water partition coefficient (Wildman–Crippen LogP) is -0.470. The molecule has 1 rings (SSSR count). The highest BCUT2D eigenvalue weighted by Gasteiger charge is 2.47. The fourth-order valence-corrected chi connectivity index (χ4v) is 4.14. The van der Waals surface area contributed by atoms with Gasteiger partial charge in [-0.2, -0.15) is 0 Å². The van der Waals surface area contributed by atoms with Crippen LogP contribution in [0.2, 0.25) is 0 Å². The molecule has 1 aliphatic rings. The molecule has 1 aliphatic heterocycles. The monoisotopic (exact) mass is 512 g/mol. The van der Waals surface area contributed by atoms with Gasteiger partial charge >= 0.3 is 0 Å². The largest absolute Gasteiger partial charge is 0.396 e. The molecule has 11 nitrogen and oxygen atoms in total. The first-order valence-corrected chi connectivity index (χ1v) is 12.9. The highest BCUT2D eigenvalue weighted by Crippen LogP contribution is 2.27. The van der Waals surface area contributed by atoms with E-state index in [9.17, 15) is 35.7 Å². The summed E-state index contributed by atoms with van der Waals surface area (Å²) in [6.07, 6.45) is -4.88. The van der Waals surface area contributed by atoms with Gasteiger partial charge in [-0.1, -0.05) is 58.3 Å². The average Bonchev–Trinajstić information content (AvgIpc) is 2.84. The third-order valence-electron chi connectivity index (χ3n) is 6.41. The van der Waals surface area contributed by atoms with Gasteiger partial charge in [0.25, 0.3) is 0 Å². The average molecular weight is 513 g/mol. The van der Waals surface area contributed by atoms with Crippen molar-refractivity contribution in [3.05, 3.63) is 0 Å². The molecule has 0 aromatic heterocycles. The molecule has 1 heterocycles. The molecule has 35 heavy (non-hydrogen) atoms. The fourth-order valence-electron chi connectivity index (χ4n) is 4.14. The molecule has 0 bridgehead atoms. The van der Waals surface area contributed by atoms with Gasteiger partial charge < -0.3 is 55.1 Å². The van der Waals surface area contributed by atoms with Gasteiger partial charge in [-0.3, -0.25) is 0 Å². The first-order chi connectivity index (χ1) is 16.7. The van der Waals surface area contributed by atoms with E-state index < -0.39 is 68.5 Å². The Morgan fingerprint density at radius 2 is 1.37 bits per heavy atom. The van der Waals surface area contributed by atoms with Crippen molar-refractivity contribution in [2.24, 2.45) is 0 Å². The van der Waals surface area contributed by atoms with Crippen molar-refractivity contribution in [3.8, 4) is 0 Å². The first-order valence-electron chi connectivity index (χ1n) is 12.9. The zero-order valence-electron chi connectivity index (χ0n) is 21.1. The van der Waals surface area contributed by atoms with Crippen molar-refractivity contribution >= 4 is 0 Å². The third kappa shape index (κ3) is 11.2. The van der Waals surface area contributed by atoms with Crippen molar-refractivity contribution in [3.63, 3.8) is 0 Å². The minimum Gasteiger partial charge on any atom is -0.396 e. The molecule has 0 amide bonds. The maximum atomic E-state index is 10.5. The van der Waals surface area contributed by atoms with Crippen LogP contribution >= 0.6 is 0 Å². The molecule has 8 N–H and O–H groups in total. The van der Waals surface area contributed by atoms with Crippen LogP contribution in [0.3, 0.4) is 0 Å². The van der Waals surface area contributed by atoms with E-state index >= 15 is 0 Å². The van der Waals surface area contributed by atoms with Gasteiger partial charge in [0.1, 0.15) is 36.6 Å². The second kappa shape index (κ2) is 17.9. The standard InChI is InChI=1S/C24H48O11/c1-3-4-5-6-7-8-9-10-11-15(2)33-24-21(31)19(29)22(17(14-26)34-24)35-23(32)20(30)18(28)16(27)12-13-25/h15-32H,3-14H2,1-2H3. The van der Waals surface area contributed by atoms with Gasteiger partial charge in [0, 0.05) is 6.61 Å². The van der Waals surface area contributed by atoms with E-state index in [1.54, 1.807) is 0 Å². The molecule has 0 spiro atoms. The van der Waals surface area contributed by atoms with Crippen LogP contribution in [-0.4, -0.2) is 115 Å². The minimum atomic E-state index is -2.08. The number of aliphatic hydroxyl groups excluding tert-OH is 8. The second-order valence-corrected chi connectivity index (χ2v) is 9.47. The first kappa shape index (κ1) is 32.6. The van der Waals surface area contributed by atoms with Crippen LogP contribution in [0.1, 0.15) is 78.1 Å². The van der Waals surface area contributed by atoms with Crippen molar-refractivity contribution in [1.82, 2.24) is 0 Å². The molecular formula is C24H48O11. The molecule has 1 saturated heterocycles. The zero-order valence-corrected chi connectivity index (χ0v) is 21.1. The van der Waals surface area contributed by atoms with Crippen molar-refractivity contribution < 1.29 is 55.1 Å². The highest BCUT2D eigenvalue weighted by atomic mass is 16.7. The maximum absolute atomic E-state index is 10.5. The predicted molar refractivity (Wildman–Crippen MR) is 126 cm³/mol. The van der Waals surface area contributed by atoms with Gasteiger partial charge in [-0.25, -0.2) is 0 Å². The van der Waals surface area contributed by atoms with E-state index in [4.69, 9.17) is 19.3 Å². The van der Waals surface area contributed by atoms with Crippen LogP contribution in [-0.2, 0) is 14.2 Å². The molecule has 0 radical (unpaired) electrons. The molecule has 0 aromatic carbocycles. The molecular weight excluding hydrogens is 464 g/mol. The van der Waals surface area contributed by atoms with Crippen LogP contribution < -0.4 is 0 Å². The van der Waals surface area contributed by atoms with Crippen LogP contribution in [0.25, 0.3) is 0 Å². The maximum Gasteiger partial charge on any atom is 0.186 e. The van der Waals surface area contributed by atoms with Gasteiger partial charge in [0.15, 0.2) is 12.6 Å². The van der Waals surface area contributed by atoms with E-state index in [0.29, 0.717) is 0 Å². The Morgan fingerprint density at radius 1 is 0.771 bits per heavy atom. The van der Waals surface area contributed by atoms with E-state index in [1.807, 2.05) is 6.92 Å². The van der Waals surface area contributed by atoms with Gasteiger partial charge in [0.2, 0.25) is 0 Å². The van der Waals surface area contributed by atoms with E-state index in [1.165, 1.54) is 32.1 Å². The Morgan fingerprint density at radius 3 is 1.94 bits per heavy atom. The Balaban J connectivity index is 2.52. The highest BCUT2D eigenvalue weighted by molar-refractivity contribution is 4.91. The van der Waals surface area contributed by atoms with Crippen LogP contribution in [0.15, 0.2) is 0 Å². The number of hydrogen-bond acceptors (Lipinski definition) is 11. The number of rotatable bonds is 19. The molecule has 1 fully saturated rings. The van der Waals surface area contributed by atoms with E-state index in [2.05, 4.69) is 6.92 Å². The number of aliphatic hydroxyl groups is 8. The van der Waals surface area contributed by atoms with Gasteiger partial charge in [-0.15, -0.1) is 0 Å². The molecule has 0 aliphatic carbocycles. The summed E-state index contributed by atoms with van der Waals surface area (Å²) < 4.78 is 16.5.